The van der Waals surface area contributed by atoms with Crippen molar-refractivity contribution in [2.75, 3.05) is 26.3 Å². The first-order valence-corrected chi connectivity index (χ1v) is 11.0. The van der Waals surface area contributed by atoms with Crippen LogP contribution in [-0.4, -0.2) is 41.2 Å². The van der Waals surface area contributed by atoms with Gasteiger partial charge in [-0.1, -0.05) is 30.3 Å². The molecule has 0 amide bonds. The third-order valence-electron chi connectivity index (χ3n) is 5.20. The van der Waals surface area contributed by atoms with Crippen molar-refractivity contribution in [1.82, 2.24) is 14.9 Å². The average Bonchev–Trinajstić information content (AvgIpc) is 3.25. The molecule has 2 aromatic carbocycles. The van der Waals surface area contributed by atoms with Crippen molar-refractivity contribution in [2.24, 2.45) is 0 Å². The van der Waals surface area contributed by atoms with Crippen LogP contribution in [-0.2, 0) is 11.3 Å². The molecule has 7 heteroatoms. The highest BCUT2D eigenvalue weighted by Crippen LogP contribution is 2.39. The molecule has 1 aliphatic rings. The molecule has 1 fully saturated rings. The van der Waals surface area contributed by atoms with Gasteiger partial charge in [-0.25, -0.2) is 4.98 Å². The monoisotopic (exact) mass is 428 g/mol. The fraction of sp³-hybridized carbons (Fsp3) is 0.208. The zero-order chi connectivity index (χ0) is 21.0. The molecule has 6 nitrogen and oxygen atoms in total. The summed E-state index contributed by atoms with van der Waals surface area (Å²) < 4.78 is 11.7. The van der Waals surface area contributed by atoms with Gasteiger partial charge >= 0.3 is 0 Å². The lowest BCUT2D eigenvalue weighted by atomic mass is 10.1. The Kier molecular flexibility index (Phi) is 5.59. The van der Waals surface area contributed by atoms with Crippen LogP contribution in [0.15, 0.2) is 60.0 Å². The number of benzene rings is 2. The van der Waals surface area contributed by atoms with Gasteiger partial charge in [0, 0.05) is 24.0 Å². The fourth-order valence-corrected chi connectivity index (χ4v) is 4.55. The number of ether oxygens (including phenoxy) is 2. The van der Waals surface area contributed by atoms with Crippen molar-refractivity contribution in [3.05, 3.63) is 71.4 Å². The van der Waals surface area contributed by atoms with Crippen molar-refractivity contribution in [3.63, 3.8) is 0 Å². The van der Waals surface area contributed by atoms with E-state index in [4.69, 9.17) is 24.7 Å². The van der Waals surface area contributed by atoms with Crippen LogP contribution in [0.3, 0.4) is 0 Å². The minimum absolute atomic E-state index is 0.540. The van der Waals surface area contributed by atoms with Crippen LogP contribution in [0.4, 0.5) is 0 Å². The lowest BCUT2D eigenvalue weighted by molar-refractivity contribution is 0.0330. The summed E-state index contributed by atoms with van der Waals surface area (Å²) in [4.78, 5) is 12.9. The van der Waals surface area contributed by atoms with E-state index in [1.807, 2.05) is 18.2 Å². The van der Waals surface area contributed by atoms with Gasteiger partial charge in [-0.05, 0) is 29.8 Å². The van der Waals surface area contributed by atoms with E-state index in [1.165, 1.54) is 0 Å². The molecule has 4 aromatic rings. The fourth-order valence-electron chi connectivity index (χ4n) is 3.60. The number of hydrogen-bond acceptors (Lipinski definition) is 7. The molecule has 5 rings (SSSR count). The van der Waals surface area contributed by atoms with Crippen molar-refractivity contribution in [2.45, 2.75) is 6.54 Å². The van der Waals surface area contributed by atoms with Crippen molar-refractivity contribution >= 4 is 21.6 Å². The first-order valence-electron chi connectivity index (χ1n) is 10.1. The predicted octanol–water partition coefficient (Wildman–Crippen LogP) is 4.85. The van der Waals surface area contributed by atoms with E-state index in [0.717, 1.165) is 53.5 Å². The predicted molar refractivity (Wildman–Crippen MR) is 120 cm³/mol. The molecule has 1 saturated heterocycles. The summed E-state index contributed by atoms with van der Waals surface area (Å²) in [5, 5.41) is 12.1. The van der Waals surface area contributed by atoms with E-state index in [1.54, 1.807) is 35.6 Å². The molecule has 31 heavy (non-hydrogen) atoms. The number of rotatable bonds is 5. The average molecular weight is 429 g/mol. The van der Waals surface area contributed by atoms with E-state index in [9.17, 15) is 0 Å². The SMILES string of the molecule is N#Cc1ccc(Oc2nc(CN3CCOCC3)nc3scc(-c4ccccc4)c23)cc1. The number of hydrogen-bond donors (Lipinski definition) is 0. The Morgan fingerprint density at radius 1 is 1.03 bits per heavy atom. The Morgan fingerprint density at radius 3 is 2.55 bits per heavy atom. The van der Waals surface area contributed by atoms with Crippen LogP contribution < -0.4 is 4.74 Å². The van der Waals surface area contributed by atoms with E-state index >= 15 is 0 Å². The number of nitrogens with zero attached hydrogens (tertiary/aromatic N) is 4. The molecule has 0 N–H and O–H groups in total. The van der Waals surface area contributed by atoms with Crippen LogP contribution in [0.5, 0.6) is 11.6 Å². The van der Waals surface area contributed by atoms with Crippen LogP contribution >= 0.6 is 11.3 Å². The minimum atomic E-state index is 0.540. The molecule has 0 atom stereocenters. The molecule has 154 valence electrons. The maximum Gasteiger partial charge on any atom is 0.232 e. The van der Waals surface area contributed by atoms with Gasteiger partial charge in [-0.2, -0.15) is 10.2 Å². The van der Waals surface area contributed by atoms with Gasteiger partial charge < -0.3 is 9.47 Å². The maximum absolute atomic E-state index is 9.06. The number of thiophene rings is 1. The molecular weight excluding hydrogens is 408 g/mol. The van der Waals surface area contributed by atoms with Crippen LogP contribution in [0.1, 0.15) is 11.4 Å². The van der Waals surface area contributed by atoms with Gasteiger partial charge in [0.15, 0.2) is 0 Å². The summed E-state index contributed by atoms with van der Waals surface area (Å²) in [7, 11) is 0. The first-order chi connectivity index (χ1) is 15.3. The van der Waals surface area contributed by atoms with Crippen molar-refractivity contribution < 1.29 is 9.47 Å². The normalized spacial score (nSPS) is 14.4. The summed E-state index contributed by atoms with van der Waals surface area (Å²) in [5.74, 6) is 1.92. The van der Waals surface area contributed by atoms with Crippen molar-refractivity contribution in [1.29, 1.82) is 5.26 Å². The van der Waals surface area contributed by atoms with E-state index in [0.29, 0.717) is 23.7 Å². The van der Waals surface area contributed by atoms with Crippen LogP contribution in [0.2, 0.25) is 0 Å². The number of aromatic nitrogens is 2. The quantitative estimate of drug-likeness (QED) is 0.452. The van der Waals surface area contributed by atoms with Crippen molar-refractivity contribution in [3.8, 4) is 28.8 Å². The Bertz CT molecular complexity index is 1230. The van der Waals surface area contributed by atoms with Gasteiger partial charge in [0.05, 0.1) is 36.8 Å². The second-order valence-electron chi connectivity index (χ2n) is 7.27. The highest BCUT2D eigenvalue weighted by molar-refractivity contribution is 7.17. The minimum Gasteiger partial charge on any atom is -0.438 e. The zero-order valence-corrected chi connectivity index (χ0v) is 17.6. The smallest absolute Gasteiger partial charge is 0.232 e. The molecule has 0 saturated carbocycles. The Hall–Kier alpha value is -3.31. The molecule has 0 spiro atoms. The van der Waals surface area contributed by atoms with Gasteiger partial charge in [-0.15, -0.1) is 11.3 Å². The van der Waals surface area contributed by atoms with Gasteiger partial charge in [0.25, 0.3) is 0 Å². The summed E-state index contributed by atoms with van der Waals surface area (Å²) >= 11 is 1.60. The molecule has 0 bridgehead atoms. The topological polar surface area (TPSA) is 71.3 Å². The Morgan fingerprint density at radius 2 is 1.81 bits per heavy atom. The molecular formula is C24H20N4O2S. The summed E-state index contributed by atoms with van der Waals surface area (Å²) in [6, 6.07) is 19.4. The van der Waals surface area contributed by atoms with E-state index < -0.39 is 0 Å². The molecule has 2 aromatic heterocycles. The third kappa shape index (κ3) is 4.28. The van der Waals surface area contributed by atoms with E-state index in [-0.39, 0.29) is 0 Å². The summed E-state index contributed by atoms with van der Waals surface area (Å²) in [5.41, 5.74) is 2.75. The van der Waals surface area contributed by atoms with Crippen LogP contribution in [0.25, 0.3) is 21.3 Å². The molecule has 1 aliphatic heterocycles. The van der Waals surface area contributed by atoms with E-state index in [2.05, 4.69) is 28.5 Å². The van der Waals surface area contributed by atoms with Crippen LogP contribution in [0, 0.1) is 11.3 Å². The van der Waals surface area contributed by atoms with Gasteiger partial charge in [0.1, 0.15) is 16.4 Å². The standard InChI is InChI=1S/C24H20N4O2S/c25-14-17-6-8-19(9-7-17)30-23-22-20(18-4-2-1-3-5-18)16-31-24(22)27-21(26-23)15-28-10-12-29-13-11-28/h1-9,16H,10-13,15H2. The zero-order valence-electron chi connectivity index (χ0n) is 16.8. The Labute approximate surface area is 184 Å². The maximum atomic E-state index is 9.06. The lowest BCUT2D eigenvalue weighted by Crippen LogP contribution is -2.36. The Balaban J connectivity index is 1.57. The second kappa shape index (κ2) is 8.82. The number of nitriles is 1. The summed E-state index contributed by atoms with van der Waals surface area (Å²) in [6.45, 7) is 3.85. The third-order valence-corrected chi connectivity index (χ3v) is 6.07. The number of fused-ring (bicyclic) bond motifs is 1. The molecule has 0 radical (unpaired) electrons. The summed E-state index contributed by atoms with van der Waals surface area (Å²) in [6.07, 6.45) is 0. The molecule has 3 heterocycles. The highest BCUT2D eigenvalue weighted by Gasteiger charge is 2.19. The largest absolute Gasteiger partial charge is 0.438 e. The molecule has 0 unspecified atom stereocenters. The molecule has 0 aliphatic carbocycles. The number of morpholine rings is 1. The van der Waals surface area contributed by atoms with Gasteiger partial charge in [0.2, 0.25) is 5.88 Å². The second-order valence-corrected chi connectivity index (χ2v) is 8.13. The highest BCUT2D eigenvalue weighted by atomic mass is 32.1. The lowest BCUT2D eigenvalue weighted by Gasteiger charge is -2.25. The first kappa shape index (κ1) is 19.6. The van der Waals surface area contributed by atoms with Gasteiger partial charge in [-0.3, -0.25) is 4.90 Å².